The van der Waals surface area contributed by atoms with E-state index >= 15 is 0 Å². The van der Waals surface area contributed by atoms with Crippen LogP contribution < -0.4 is 0 Å². The summed E-state index contributed by atoms with van der Waals surface area (Å²) in [6.07, 6.45) is 4.84. The zero-order valence-electron chi connectivity index (χ0n) is 23.0. The van der Waals surface area contributed by atoms with E-state index in [0.29, 0.717) is 23.7 Å². The Balaban J connectivity index is 4.22. The van der Waals surface area contributed by atoms with Crippen molar-refractivity contribution >= 4 is 16.5 Å². The average Bonchev–Trinajstić information content (AvgIpc) is 2.67. The van der Waals surface area contributed by atoms with Crippen LogP contribution in [0.1, 0.15) is 81.1 Å². The van der Waals surface area contributed by atoms with E-state index in [2.05, 4.69) is 104 Å². The maximum Gasteiger partial charge on any atom is 0.152 e. The zero-order chi connectivity index (χ0) is 23.6. The largest absolute Gasteiger partial charge is 0.373 e. The van der Waals surface area contributed by atoms with Crippen molar-refractivity contribution in [3.05, 3.63) is 22.8 Å². The highest BCUT2D eigenvalue weighted by molar-refractivity contribution is 6.75. The SMILES string of the molecule is CCC(C)C1=C(C(C)CC)N([Si](C)(C)C)C(C(C)CC)=C(C(C)CC)N1[Si](C)(C)C. The molecule has 1 aliphatic rings. The predicted octanol–water partition coefficient (Wildman–Crippen LogP) is 8.88. The molecule has 4 atom stereocenters. The minimum atomic E-state index is -1.62. The summed E-state index contributed by atoms with van der Waals surface area (Å²) in [5.41, 5.74) is 6.71. The highest BCUT2D eigenvalue weighted by atomic mass is 28.3. The number of nitrogens with zero attached hydrogens (tertiary/aromatic N) is 2. The standard InChI is InChI=1S/C26H54N2Si2/c1-15-19(5)23-24(20(6)16-2)28(30(12,13)14)26(22(8)18-4)25(21(7)17-3)27(23)29(9,10)11/h19-22H,15-18H2,1-14H3. The number of hydrogen-bond donors (Lipinski definition) is 0. The lowest BCUT2D eigenvalue weighted by atomic mass is 9.88. The summed E-state index contributed by atoms with van der Waals surface area (Å²) in [6.45, 7) is 34.8. The molecule has 0 aromatic carbocycles. The molecule has 1 rings (SSSR count). The topological polar surface area (TPSA) is 6.48 Å². The molecule has 0 N–H and O–H groups in total. The second-order valence-corrected chi connectivity index (χ2v) is 21.4. The van der Waals surface area contributed by atoms with Crippen LogP contribution in [0.15, 0.2) is 22.8 Å². The van der Waals surface area contributed by atoms with Gasteiger partial charge in [-0.1, -0.05) is 94.7 Å². The highest BCUT2D eigenvalue weighted by Crippen LogP contribution is 2.49. The highest BCUT2D eigenvalue weighted by Gasteiger charge is 2.46. The van der Waals surface area contributed by atoms with Gasteiger partial charge in [0, 0.05) is 22.8 Å². The average molecular weight is 451 g/mol. The summed E-state index contributed by atoms with van der Waals surface area (Å²) in [4.78, 5) is 0. The lowest BCUT2D eigenvalue weighted by molar-refractivity contribution is 0.319. The third kappa shape index (κ3) is 5.46. The van der Waals surface area contributed by atoms with Crippen molar-refractivity contribution in [3.63, 3.8) is 0 Å². The van der Waals surface area contributed by atoms with Gasteiger partial charge in [0.15, 0.2) is 16.5 Å². The van der Waals surface area contributed by atoms with Crippen LogP contribution in [0.25, 0.3) is 0 Å². The van der Waals surface area contributed by atoms with E-state index in [0.717, 1.165) is 0 Å². The molecule has 1 aliphatic heterocycles. The summed E-state index contributed by atoms with van der Waals surface area (Å²) in [7, 11) is -3.25. The van der Waals surface area contributed by atoms with Crippen molar-refractivity contribution in [2.24, 2.45) is 23.7 Å². The monoisotopic (exact) mass is 450 g/mol. The van der Waals surface area contributed by atoms with E-state index < -0.39 is 16.5 Å². The van der Waals surface area contributed by atoms with Gasteiger partial charge < -0.3 is 9.13 Å². The first-order valence-electron chi connectivity index (χ1n) is 12.8. The van der Waals surface area contributed by atoms with E-state index in [1.807, 2.05) is 0 Å². The molecule has 1 heterocycles. The fourth-order valence-corrected chi connectivity index (χ4v) is 9.06. The van der Waals surface area contributed by atoms with Crippen molar-refractivity contribution in [2.75, 3.05) is 0 Å². The molecule has 0 fully saturated rings. The predicted molar refractivity (Wildman–Crippen MR) is 142 cm³/mol. The molecule has 0 amide bonds. The van der Waals surface area contributed by atoms with Crippen LogP contribution in [0.4, 0.5) is 0 Å². The number of hydrogen-bond acceptors (Lipinski definition) is 2. The van der Waals surface area contributed by atoms with Gasteiger partial charge in [-0.2, -0.15) is 0 Å². The smallest absolute Gasteiger partial charge is 0.152 e. The van der Waals surface area contributed by atoms with Gasteiger partial charge in [-0.05, 0) is 49.4 Å². The Labute approximate surface area is 192 Å². The molecule has 4 unspecified atom stereocenters. The van der Waals surface area contributed by atoms with Gasteiger partial charge in [-0.25, -0.2) is 0 Å². The first-order chi connectivity index (χ1) is 13.7. The first kappa shape index (κ1) is 27.5. The van der Waals surface area contributed by atoms with Crippen molar-refractivity contribution in [1.29, 1.82) is 0 Å². The Hall–Kier alpha value is -0.486. The summed E-state index contributed by atoms with van der Waals surface area (Å²) in [5, 5.41) is 0. The van der Waals surface area contributed by atoms with Gasteiger partial charge in [0.25, 0.3) is 0 Å². The maximum absolute atomic E-state index is 2.95. The van der Waals surface area contributed by atoms with Crippen molar-refractivity contribution in [1.82, 2.24) is 9.13 Å². The van der Waals surface area contributed by atoms with Crippen molar-refractivity contribution < 1.29 is 0 Å². The number of allylic oxidation sites excluding steroid dienone is 4. The molecule has 0 radical (unpaired) electrons. The lowest BCUT2D eigenvalue weighted by Crippen LogP contribution is -2.58. The van der Waals surface area contributed by atoms with Crippen LogP contribution in [0.5, 0.6) is 0 Å². The Morgan fingerprint density at radius 2 is 0.633 bits per heavy atom. The fraction of sp³-hybridized carbons (Fsp3) is 0.846. The zero-order valence-corrected chi connectivity index (χ0v) is 25.0. The molecule has 0 aromatic rings. The molecular formula is C26H54N2Si2. The molecule has 2 nitrogen and oxygen atoms in total. The van der Waals surface area contributed by atoms with Crippen molar-refractivity contribution in [3.8, 4) is 0 Å². The lowest BCUT2D eigenvalue weighted by Gasteiger charge is -2.56. The van der Waals surface area contributed by atoms with Crippen LogP contribution in [-0.2, 0) is 0 Å². The summed E-state index contributed by atoms with van der Waals surface area (Å²) >= 11 is 0. The van der Waals surface area contributed by atoms with E-state index in [-0.39, 0.29) is 0 Å². The van der Waals surface area contributed by atoms with Crippen LogP contribution >= 0.6 is 0 Å². The van der Waals surface area contributed by atoms with Gasteiger partial charge in [0.2, 0.25) is 0 Å². The van der Waals surface area contributed by atoms with Gasteiger partial charge in [0.05, 0.1) is 0 Å². The van der Waals surface area contributed by atoms with Crippen LogP contribution in [0, 0.1) is 23.7 Å². The van der Waals surface area contributed by atoms with Crippen LogP contribution in [0.2, 0.25) is 39.3 Å². The Morgan fingerprint density at radius 3 is 0.733 bits per heavy atom. The van der Waals surface area contributed by atoms with E-state index in [1.165, 1.54) is 25.7 Å². The van der Waals surface area contributed by atoms with Gasteiger partial charge in [-0.3, -0.25) is 0 Å². The quantitative estimate of drug-likeness (QED) is 0.306. The molecule has 176 valence electrons. The summed E-state index contributed by atoms with van der Waals surface area (Å²) in [5.74, 6) is 2.38. The molecule has 0 saturated carbocycles. The normalized spacial score (nSPS) is 20.6. The Morgan fingerprint density at radius 1 is 0.467 bits per heavy atom. The maximum atomic E-state index is 2.95. The molecule has 0 spiro atoms. The summed E-state index contributed by atoms with van der Waals surface area (Å²) < 4.78 is 5.91. The molecule has 0 bridgehead atoms. The minimum absolute atomic E-state index is 0.595. The van der Waals surface area contributed by atoms with E-state index in [4.69, 9.17) is 0 Å². The van der Waals surface area contributed by atoms with Gasteiger partial charge in [-0.15, -0.1) is 0 Å². The first-order valence-corrected chi connectivity index (χ1v) is 19.7. The fourth-order valence-electron chi connectivity index (χ4n) is 4.83. The molecule has 30 heavy (non-hydrogen) atoms. The van der Waals surface area contributed by atoms with Crippen molar-refractivity contribution in [2.45, 2.75) is 120 Å². The second kappa shape index (κ2) is 10.4. The van der Waals surface area contributed by atoms with E-state index in [1.54, 1.807) is 22.8 Å². The summed E-state index contributed by atoms with van der Waals surface area (Å²) in [6, 6.07) is 0. The molecule has 0 aliphatic carbocycles. The molecule has 4 heteroatoms. The Kier molecular flexibility index (Phi) is 9.57. The number of rotatable bonds is 10. The molecule has 0 saturated heterocycles. The second-order valence-electron chi connectivity index (χ2n) is 11.8. The Bertz CT molecular complexity index is 540. The minimum Gasteiger partial charge on any atom is -0.373 e. The van der Waals surface area contributed by atoms with E-state index in [9.17, 15) is 0 Å². The van der Waals surface area contributed by atoms with Crippen LogP contribution in [-0.4, -0.2) is 25.6 Å². The third-order valence-electron chi connectivity index (χ3n) is 7.15. The van der Waals surface area contributed by atoms with Crippen LogP contribution in [0.3, 0.4) is 0 Å². The van der Waals surface area contributed by atoms with Gasteiger partial charge >= 0.3 is 0 Å². The molecule has 0 aromatic heterocycles. The third-order valence-corrected chi connectivity index (χ3v) is 10.8. The van der Waals surface area contributed by atoms with Gasteiger partial charge in [0.1, 0.15) is 0 Å². The molecular weight excluding hydrogens is 396 g/mol.